The maximum Gasteiger partial charge on any atom is 0.128 e. The molecule has 2 aliphatic carbocycles. The minimum Gasteiger partial charge on any atom is -0.508 e. The molecule has 1 saturated heterocycles. The molecule has 0 amide bonds. The second kappa shape index (κ2) is 7.19. The van der Waals surface area contributed by atoms with Gasteiger partial charge in [-0.25, -0.2) is 0 Å². The Hall–Kier alpha value is -2.63. The van der Waals surface area contributed by atoms with Crippen molar-refractivity contribution in [3.63, 3.8) is 0 Å². The molecule has 166 valence electrons. The molecule has 2 aromatic carbocycles. The van der Waals surface area contributed by atoms with Crippen LogP contribution in [0.4, 0.5) is 0 Å². The predicted octanol–water partition coefficient (Wildman–Crippen LogP) is 3.83. The Bertz CT molecular complexity index is 1190. The van der Waals surface area contributed by atoms with E-state index in [0.29, 0.717) is 19.4 Å². The number of hydrogen-bond donors (Lipinski definition) is 2. The minimum atomic E-state index is -0.918. The molecule has 32 heavy (non-hydrogen) atoms. The molecule has 2 N–H and O–H groups in total. The number of methoxy groups -OCH3 is 1. The molecule has 0 bridgehead atoms. The summed E-state index contributed by atoms with van der Waals surface area (Å²) in [4.78, 5) is 7.51. The van der Waals surface area contributed by atoms with Crippen LogP contribution in [0, 0.1) is 5.92 Å². The SMILES string of the molecule is COc1cccc2nc3c(cc12)C[C@]1(O)CN(CC2CC2)CC[C@@]1(c1cccc(O)c1)C3. The van der Waals surface area contributed by atoms with Gasteiger partial charge in [-0.15, -0.1) is 0 Å². The lowest BCUT2D eigenvalue weighted by molar-refractivity contribution is -0.104. The van der Waals surface area contributed by atoms with Gasteiger partial charge in [0.15, 0.2) is 0 Å². The third-order valence-corrected chi connectivity index (χ3v) is 8.00. The van der Waals surface area contributed by atoms with Crippen molar-refractivity contribution in [1.82, 2.24) is 9.88 Å². The Morgan fingerprint density at radius 1 is 1.12 bits per heavy atom. The fourth-order valence-electron chi connectivity index (χ4n) is 6.13. The summed E-state index contributed by atoms with van der Waals surface area (Å²) < 4.78 is 5.58. The number of rotatable bonds is 4. The topological polar surface area (TPSA) is 65.8 Å². The van der Waals surface area contributed by atoms with Gasteiger partial charge in [-0.05, 0) is 73.2 Å². The molecule has 1 aromatic heterocycles. The Morgan fingerprint density at radius 2 is 1.97 bits per heavy atom. The smallest absolute Gasteiger partial charge is 0.128 e. The van der Waals surface area contributed by atoms with E-state index in [4.69, 9.17) is 9.72 Å². The van der Waals surface area contributed by atoms with Crippen molar-refractivity contribution < 1.29 is 14.9 Å². The number of hydrogen-bond acceptors (Lipinski definition) is 5. The van der Waals surface area contributed by atoms with E-state index in [2.05, 4.69) is 17.0 Å². The highest BCUT2D eigenvalue weighted by atomic mass is 16.5. The molecule has 2 heterocycles. The lowest BCUT2D eigenvalue weighted by Gasteiger charge is -2.56. The number of aromatic nitrogens is 1. The number of β-amino-alcohol motifs (C(OH)–C–C–N with tert-alkyl or cyclic N) is 1. The molecule has 6 rings (SSSR count). The van der Waals surface area contributed by atoms with Crippen LogP contribution in [0.1, 0.15) is 36.1 Å². The van der Waals surface area contributed by atoms with Crippen molar-refractivity contribution in [2.24, 2.45) is 5.92 Å². The van der Waals surface area contributed by atoms with E-state index in [9.17, 15) is 10.2 Å². The molecule has 1 saturated carbocycles. The summed E-state index contributed by atoms with van der Waals surface area (Å²) in [5.41, 5.74) is 2.72. The summed E-state index contributed by atoms with van der Waals surface area (Å²) in [6, 6.07) is 15.6. The zero-order chi connectivity index (χ0) is 21.9. The summed E-state index contributed by atoms with van der Waals surface area (Å²) in [6.07, 6.45) is 4.71. The van der Waals surface area contributed by atoms with Crippen molar-refractivity contribution >= 4 is 10.9 Å². The molecule has 0 radical (unpaired) electrons. The van der Waals surface area contributed by atoms with Crippen molar-refractivity contribution in [3.05, 3.63) is 65.4 Å². The first-order chi connectivity index (χ1) is 15.5. The number of pyridine rings is 1. The third kappa shape index (κ3) is 3.10. The number of piperidine rings is 1. The van der Waals surface area contributed by atoms with Crippen LogP contribution in [-0.2, 0) is 18.3 Å². The molecular formula is C27H30N2O3. The van der Waals surface area contributed by atoms with Gasteiger partial charge in [0.25, 0.3) is 0 Å². The van der Waals surface area contributed by atoms with Crippen LogP contribution in [0.15, 0.2) is 48.5 Å². The summed E-state index contributed by atoms with van der Waals surface area (Å²) >= 11 is 0. The molecule has 3 aliphatic rings. The molecular weight excluding hydrogens is 400 g/mol. The van der Waals surface area contributed by atoms with Gasteiger partial charge in [0.2, 0.25) is 0 Å². The fourth-order valence-corrected chi connectivity index (χ4v) is 6.13. The van der Waals surface area contributed by atoms with E-state index < -0.39 is 11.0 Å². The van der Waals surface area contributed by atoms with Gasteiger partial charge in [-0.3, -0.25) is 4.98 Å². The van der Waals surface area contributed by atoms with Gasteiger partial charge in [0.05, 0.1) is 18.2 Å². The van der Waals surface area contributed by atoms with Crippen LogP contribution in [-0.4, -0.2) is 52.4 Å². The van der Waals surface area contributed by atoms with E-state index in [-0.39, 0.29) is 5.75 Å². The predicted molar refractivity (Wildman–Crippen MR) is 124 cm³/mol. The Morgan fingerprint density at radius 3 is 2.75 bits per heavy atom. The van der Waals surface area contributed by atoms with E-state index in [1.807, 2.05) is 30.3 Å². The first-order valence-electron chi connectivity index (χ1n) is 11.7. The fraction of sp³-hybridized carbons (Fsp3) is 0.444. The second-order valence-electron chi connectivity index (χ2n) is 10.1. The standard InChI is InChI=1S/C27H30N2O3/c1-32-25-7-3-6-23-22(25)12-19-14-27(31)17-29(16-18-8-9-18)11-10-26(27,15-24(19)28-23)20-4-2-5-21(30)13-20/h2-7,12-13,18,30-31H,8-11,14-17H2,1H3/t26-,27-/m0/s1. The quantitative estimate of drug-likeness (QED) is 0.659. The average Bonchev–Trinajstić information content (AvgIpc) is 3.59. The van der Waals surface area contributed by atoms with Gasteiger partial charge in [-0.1, -0.05) is 18.2 Å². The minimum absolute atomic E-state index is 0.252. The highest BCUT2D eigenvalue weighted by molar-refractivity contribution is 5.86. The van der Waals surface area contributed by atoms with Crippen molar-refractivity contribution in [3.8, 4) is 11.5 Å². The molecule has 2 fully saturated rings. The number of aliphatic hydroxyl groups is 1. The van der Waals surface area contributed by atoms with E-state index >= 15 is 0 Å². The normalized spacial score (nSPS) is 27.7. The first-order valence-corrected chi connectivity index (χ1v) is 11.7. The largest absolute Gasteiger partial charge is 0.508 e. The molecule has 2 atom stereocenters. The lowest BCUT2D eigenvalue weighted by atomic mass is 9.56. The third-order valence-electron chi connectivity index (χ3n) is 8.00. The second-order valence-corrected chi connectivity index (χ2v) is 10.1. The summed E-state index contributed by atoms with van der Waals surface area (Å²) in [5.74, 6) is 1.85. The van der Waals surface area contributed by atoms with E-state index in [1.54, 1.807) is 13.2 Å². The van der Waals surface area contributed by atoms with Gasteiger partial charge in [0, 0.05) is 42.4 Å². The van der Waals surface area contributed by atoms with Crippen LogP contribution in [0.5, 0.6) is 11.5 Å². The number of fused-ring (bicyclic) bond motifs is 3. The van der Waals surface area contributed by atoms with E-state index in [1.165, 1.54) is 12.8 Å². The van der Waals surface area contributed by atoms with Crippen LogP contribution in [0.3, 0.4) is 0 Å². The number of ether oxygens (including phenoxy) is 1. The van der Waals surface area contributed by atoms with Crippen molar-refractivity contribution in [2.75, 3.05) is 26.7 Å². The van der Waals surface area contributed by atoms with Crippen LogP contribution in [0.25, 0.3) is 10.9 Å². The van der Waals surface area contributed by atoms with E-state index in [0.717, 1.165) is 58.9 Å². The lowest BCUT2D eigenvalue weighted by Crippen LogP contribution is -2.66. The zero-order valence-corrected chi connectivity index (χ0v) is 18.6. The monoisotopic (exact) mass is 430 g/mol. The molecule has 1 aliphatic heterocycles. The molecule has 5 heteroatoms. The number of phenols is 1. The number of phenolic OH excluding ortho intramolecular Hbond substituents is 1. The van der Waals surface area contributed by atoms with Gasteiger partial charge < -0.3 is 19.8 Å². The summed E-state index contributed by atoms with van der Waals surface area (Å²) in [7, 11) is 1.69. The van der Waals surface area contributed by atoms with Gasteiger partial charge in [0.1, 0.15) is 11.5 Å². The van der Waals surface area contributed by atoms with Crippen LogP contribution < -0.4 is 4.74 Å². The average molecular weight is 431 g/mol. The Labute approximate surface area is 188 Å². The van der Waals surface area contributed by atoms with Crippen LogP contribution in [0.2, 0.25) is 0 Å². The summed E-state index contributed by atoms with van der Waals surface area (Å²) in [6.45, 7) is 2.70. The Balaban J connectivity index is 1.49. The number of benzene rings is 2. The van der Waals surface area contributed by atoms with Gasteiger partial charge >= 0.3 is 0 Å². The molecule has 3 aromatic rings. The summed E-state index contributed by atoms with van der Waals surface area (Å²) in [5, 5.41) is 23.6. The van der Waals surface area contributed by atoms with Gasteiger partial charge in [-0.2, -0.15) is 0 Å². The van der Waals surface area contributed by atoms with Crippen molar-refractivity contribution in [2.45, 2.75) is 43.1 Å². The maximum atomic E-state index is 12.4. The molecule has 0 spiro atoms. The number of aromatic hydroxyl groups is 1. The zero-order valence-electron chi connectivity index (χ0n) is 18.6. The van der Waals surface area contributed by atoms with Crippen molar-refractivity contribution in [1.29, 1.82) is 0 Å². The number of likely N-dealkylation sites (tertiary alicyclic amines) is 1. The molecule has 0 unspecified atom stereocenters. The van der Waals surface area contributed by atoms with Crippen LogP contribution >= 0.6 is 0 Å². The highest BCUT2D eigenvalue weighted by Gasteiger charge is 2.57. The number of nitrogens with zero attached hydrogens (tertiary/aromatic N) is 2. The maximum absolute atomic E-state index is 12.4. The molecule has 5 nitrogen and oxygen atoms in total. The first kappa shape index (κ1) is 20.0. The highest BCUT2D eigenvalue weighted by Crippen LogP contribution is 2.51. The Kier molecular flexibility index (Phi) is 4.50.